The van der Waals surface area contributed by atoms with Crippen molar-refractivity contribution in [3.8, 4) is 55.6 Å². The van der Waals surface area contributed by atoms with Gasteiger partial charge in [-0.15, -0.1) is 0 Å². The van der Waals surface area contributed by atoms with Gasteiger partial charge < -0.3 is 35.3 Å². The molecule has 0 aliphatic carbocycles. The monoisotopic (exact) mass is 1950 g/mol. The number of hydrogen-bond acceptors (Lipinski definition) is 8. The molecule has 8 heterocycles. The standard InChI is InChI=1S/5C20H16O.3C14H12O/c1-13-6-3-8-15(12-13)16-9-5-11-18-17-10-4-7-14(2)19(17)21-20(16)18;1-13-5-3-7-15(11-13)16-9-10-19-18(12-16)17-8-4-6-14(2)20(17)21-19;1-13-5-3-6-15(11-13)16-7-4-8-17-18-12-14(2)9-10-19(18)21-20(16)17;1-13-10-14(2)12-15(11-13)16-7-5-8-18-17-6-3-4-9-19(17)21-20(16)18;1-13-9-14(2)11-16(10-13)15-7-8-20-18(12-15)17-5-3-4-6-19(17)21-20;1-9-5-3-7-11-12-8-4-6-10(2)14(12)15-13(9)11;1-9-6-7-13-12(8-9)11-5-3-4-10(2)14(11)15-13;1-9-7-10(2)14-12(8-9)11-5-3-4-6-13(11)15-14/h5*3-12H,1-2H3;3*3-8H,1-2H3. The van der Waals surface area contributed by atoms with Crippen molar-refractivity contribution in [2.45, 2.75) is 111 Å². The van der Waals surface area contributed by atoms with E-state index in [1.807, 2.05) is 42.5 Å². The third-order valence-electron chi connectivity index (χ3n) is 28.5. The molecule has 150 heavy (non-hydrogen) atoms. The first-order chi connectivity index (χ1) is 72.9. The third kappa shape index (κ3) is 19.5. The molecule has 0 spiro atoms. The van der Waals surface area contributed by atoms with E-state index in [1.165, 1.54) is 214 Å². The summed E-state index contributed by atoms with van der Waals surface area (Å²) < 4.78 is 47.9. The molecule has 21 aromatic carbocycles. The lowest BCUT2D eigenvalue weighted by Crippen LogP contribution is -1.83. The first kappa shape index (κ1) is 96.8. The van der Waals surface area contributed by atoms with Crippen LogP contribution in [-0.4, -0.2) is 0 Å². The molecule has 0 N–H and O–H groups in total. The number of aryl methyl sites for hydroxylation is 16. The summed E-state index contributed by atoms with van der Waals surface area (Å²) in [5.74, 6) is 0. The Labute approximate surface area is 872 Å². The molecule has 732 valence electrons. The molecule has 29 rings (SSSR count). The third-order valence-corrected chi connectivity index (χ3v) is 28.5. The van der Waals surface area contributed by atoms with Gasteiger partial charge in [0.15, 0.2) is 0 Å². The number of para-hydroxylation sites is 11. The molecule has 0 bridgehead atoms. The maximum absolute atomic E-state index is 6.21. The molecule has 0 aliphatic rings. The van der Waals surface area contributed by atoms with Crippen molar-refractivity contribution in [1.29, 1.82) is 0 Å². The molecule has 29 aromatic rings. The van der Waals surface area contributed by atoms with Crippen LogP contribution in [0.15, 0.2) is 448 Å². The second kappa shape index (κ2) is 41.1. The largest absolute Gasteiger partial charge is 0.456 e. The molecular weight excluding hydrogens is 1830 g/mol. The summed E-state index contributed by atoms with van der Waals surface area (Å²) in [5.41, 5.74) is 47.7. The Bertz CT molecular complexity index is 10100. The van der Waals surface area contributed by atoms with Crippen molar-refractivity contribution in [1.82, 2.24) is 0 Å². The first-order valence-electron chi connectivity index (χ1n) is 51.5. The molecule has 8 heteroatoms. The Hall–Kier alpha value is -18.0. The summed E-state index contributed by atoms with van der Waals surface area (Å²) in [4.78, 5) is 0. The van der Waals surface area contributed by atoms with E-state index in [2.05, 4.69) is 481 Å². The van der Waals surface area contributed by atoms with Crippen LogP contribution < -0.4 is 0 Å². The highest BCUT2D eigenvalue weighted by atomic mass is 16.4. The van der Waals surface area contributed by atoms with Gasteiger partial charge in [-0.3, -0.25) is 0 Å². The molecule has 8 nitrogen and oxygen atoms in total. The molecule has 0 saturated carbocycles. The topological polar surface area (TPSA) is 105 Å². The minimum Gasteiger partial charge on any atom is -0.456 e. The number of benzene rings is 21. The first-order valence-corrected chi connectivity index (χ1v) is 51.5. The highest BCUT2D eigenvalue weighted by molar-refractivity contribution is 6.15. The van der Waals surface area contributed by atoms with Gasteiger partial charge >= 0.3 is 0 Å². The lowest BCUT2D eigenvalue weighted by Gasteiger charge is -2.06. The summed E-state index contributed by atoms with van der Waals surface area (Å²) in [6.45, 7) is 33.8. The van der Waals surface area contributed by atoms with Crippen LogP contribution in [0.2, 0.25) is 0 Å². The molecule has 0 unspecified atom stereocenters. The van der Waals surface area contributed by atoms with Crippen LogP contribution in [0, 0.1) is 111 Å². The van der Waals surface area contributed by atoms with Gasteiger partial charge in [-0.1, -0.05) is 390 Å². The lowest BCUT2D eigenvalue weighted by atomic mass is 9.99. The van der Waals surface area contributed by atoms with Gasteiger partial charge in [0.05, 0.1) is 0 Å². The van der Waals surface area contributed by atoms with E-state index in [4.69, 9.17) is 35.3 Å². The van der Waals surface area contributed by atoms with Crippen LogP contribution in [0.3, 0.4) is 0 Å². The van der Waals surface area contributed by atoms with Crippen molar-refractivity contribution >= 4 is 176 Å². The Balaban J connectivity index is 0.0000000972. The summed E-state index contributed by atoms with van der Waals surface area (Å²) in [5, 5.41) is 19.2. The van der Waals surface area contributed by atoms with E-state index in [1.54, 1.807) is 0 Å². The van der Waals surface area contributed by atoms with Crippen LogP contribution in [0.1, 0.15) is 89.0 Å². The van der Waals surface area contributed by atoms with Crippen LogP contribution in [-0.2, 0) is 0 Å². The maximum Gasteiger partial charge on any atom is 0.143 e. The zero-order chi connectivity index (χ0) is 103. The Morgan fingerprint density at radius 3 is 0.773 bits per heavy atom. The van der Waals surface area contributed by atoms with Gasteiger partial charge in [-0.25, -0.2) is 0 Å². The average molecular weight is 1950 g/mol. The highest BCUT2D eigenvalue weighted by Gasteiger charge is 2.21. The number of furan rings is 8. The van der Waals surface area contributed by atoms with Crippen molar-refractivity contribution in [2.75, 3.05) is 0 Å². The van der Waals surface area contributed by atoms with E-state index in [-0.39, 0.29) is 0 Å². The van der Waals surface area contributed by atoms with Gasteiger partial charge in [0, 0.05) is 103 Å². The summed E-state index contributed by atoms with van der Waals surface area (Å²) in [6, 6.07) is 144. The fourth-order valence-electron chi connectivity index (χ4n) is 21.4. The average Bonchev–Trinajstić information content (AvgIpc) is 1.63. The lowest BCUT2D eigenvalue weighted by molar-refractivity contribution is 0.662. The molecule has 0 aliphatic heterocycles. The van der Waals surface area contributed by atoms with Crippen LogP contribution in [0.4, 0.5) is 0 Å². The Morgan fingerprint density at radius 1 is 0.107 bits per heavy atom. The molecule has 0 saturated heterocycles. The van der Waals surface area contributed by atoms with Crippen molar-refractivity contribution < 1.29 is 35.3 Å². The molecule has 0 atom stereocenters. The van der Waals surface area contributed by atoms with Crippen molar-refractivity contribution in [3.63, 3.8) is 0 Å². The van der Waals surface area contributed by atoms with E-state index < -0.39 is 0 Å². The maximum atomic E-state index is 6.21. The molecule has 0 fully saturated rings. The highest BCUT2D eigenvalue weighted by Crippen LogP contribution is 2.44. The number of rotatable bonds is 5. The van der Waals surface area contributed by atoms with Gasteiger partial charge in [0.1, 0.15) is 89.3 Å². The summed E-state index contributed by atoms with van der Waals surface area (Å²) in [7, 11) is 0. The predicted molar refractivity (Wildman–Crippen MR) is 633 cm³/mol. The Kier molecular flexibility index (Phi) is 26.5. The minimum atomic E-state index is 0.948. The number of hydrogen-bond donors (Lipinski definition) is 0. The van der Waals surface area contributed by atoms with E-state index in [0.29, 0.717) is 0 Å². The smallest absolute Gasteiger partial charge is 0.143 e. The zero-order valence-electron chi connectivity index (χ0n) is 87.5. The second-order valence-corrected chi connectivity index (χ2v) is 40.4. The predicted octanol–water partition coefficient (Wildman–Crippen LogP) is 42.0. The minimum absolute atomic E-state index is 0.948. The number of fused-ring (bicyclic) bond motifs is 24. The quantitative estimate of drug-likeness (QED) is 0.168. The zero-order valence-corrected chi connectivity index (χ0v) is 87.5. The van der Waals surface area contributed by atoms with E-state index >= 15 is 0 Å². The van der Waals surface area contributed by atoms with Crippen LogP contribution in [0.5, 0.6) is 0 Å². The van der Waals surface area contributed by atoms with E-state index in [0.717, 1.165) is 106 Å². The van der Waals surface area contributed by atoms with Crippen molar-refractivity contribution in [2.24, 2.45) is 0 Å². The molecule has 8 aromatic heterocycles. The van der Waals surface area contributed by atoms with E-state index in [9.17, 15) is 0 Å². The second-order valence-electron chi connectivity index (χ2n) is 40.4. The molecule has 0 amide bonds. The SMILES string of the molecule is Cc1cc(C)c2oc3ccccc3c2c1.Cc1cc(C)cc(-c2ccc3oc4ccccc4c3c2)c1.Cc1cc(C)cc(-c2cccc3c2oc2ccccc23)c1.Cc1ccc2oc3c(C)cccc3c2c1.Cc1cccc(-c2ccc3oc4c(C)cccc4c3c2)c1.Cc1cccc(-c2cccc3c2oc2c(C)cccc23)c1.Cc1cccc(-c2cccc3c2oc2ccc(C)cc23)c1.Cc1cccc2c1oc1c(C)cccc12. The molecular formula is C142H116O8. The normalized spacial score (nSPS) is 11.3. The van der Waals surface area contributed by atoms with Gasteiger partial charge in [-0.05, 0) is 261 Å². The molecule has 0 radical (unpaired) electrons. The van der Waals surface area contributed by atoms with Gasteiger partial charge in [0.25, 0.3) is 0 Å². The summed E-state index contributed by atoms with van der Waals surface area (Å²) in [6.07, 6.45) is 0. The Morgan fingerprint density at radius 2 is 0.340 bits per heavy atom. The fraction of sp³-hybridized carbons (Fsp3) is 0.113. The summed E-state index contributed by atoms with van der Waals surface area (Å²) >= 11 is 0. The van der Waals surface area contributed by atoms with Crippen LogP contribution in [0.25, 0.3) is 231 Å². The fourth-order valence-corrected chi connectivity index (χ4v) is 21.4. The van der Waals surface area contributed by atoms with Crippen LogP contribution >= 0.6 is 0 Å². The van der Waals surface area contributed by atoms with Crippen molar-refractivity contribution in [3.05, 3.63) is 502 Å². The van der Waals surface area contributed by atoms with Gasteiger partial charge in [0.2, 0.25) is 0 Å². The van der Waals surface area contributed by atoms with Gasteiger partial charge in [-0.2, -0.15) is 0 Å².